The average molecular weight is 263 g/mol. The molecule has 3 heteroatoms. The number of hydrogen-bond donors (Lipinski definition) is 1. The van der Waals surface area contributed by atoms with Crippen molar-refractivity contribution in [3.63, 3.8) is 0 Å². The minimum Gasteiger partial charge on any atom is -0.370 e. The van der Waals surface area contributed by atoms with E-state index >= 15 is 0 Å². The van der Waals surface area contributed by atoms with E-state index in [-0.39, 0.29) is 0 Å². The summed E-state index contributed by atoms with van der Waals surface area (Å²) in [6.07, 6.45) is 2.16. The van der Waals surface area contributed by atoms with E-state index < -0.39 is 0 Å². The zero-order valence-electron chi connectivity index (χ0n) is 11.2. The lowest BCUT2D eigenvalue weighted by Crippen LogP contribution is -2.04. The van der Waals surface area contributed by atoms with Crippen molar-refractivity contribution in [1.82, 2.24) is 4.98 Å². The number of hydrogen-bond acceptors (Lipinski definition) is 2. The predicted octanol–water partition coefficient (Wildman–Crippen LogP) is 4.58. The lowest BCUT2D eigenvalue weighted by Gasteiger charge is -2.13. The summed E-state index contributed by atoms with van der Waals surface area (Å²) in [5, 5.41) is 5.21. The Hall–Kier alpha value is -1.28. The fourth-order valence-corrected chi connectivity index (χ4v) is 2.39. The van der Waals surface area contributed by atoms with Crippen molar-refractivity contribution < 1.29 is 0 Å². The first-order valence-corrected chi connectivity index (χ1v) is 6.87. The Bertz CT molecular complexity index is 513. The molecule has 0 saturated heterocycles. The second-order valence-electron chi connectivity index (χ2n) is 4.54. The Morgan fingerprint density at radius 3 is 2.72 bits per heavy atom. The number of benzene rings is 1. The highest BCUT2D eigenvalue weighted by Gasteiger charge is 2.09. The Morgan fingerprint density at radius 1 is 1.28 bits per heavy atom. The molecule has 0 amide bonds. The number of nitrogens with one attached hydrogen (secondary N) is 1. The van der Waals surface area contributed by atoms with Gasteiger partial charge in [0.1, 0.15) is 5.82 Å². The fourth-order valence-electron chi connectivity index (χ4n) is 2.18. The molecule has 96 valence electrons. The van der Waals surface area contributed by atoms with Gasteiger partial charge in [-0.15, -0.1) is 0 Å². The van der Waals surface area contributed by atoms with E-state index in [4.69, 9.17) is 16.6 Å². The van der Waals surface area contributed by atoms with Crippen molar-refractivity contribution in [3.8, 4) is 0 Å². The van der Waals surface area contributed by atoms with Crippen LogP contribution in [0.3, 0.4) is 0 Å². The Kier molecular flexibility index (Phi) is 4.07. The number of rotatable bonds is 4. The molecule has 0 fully saturated rings. The highest BCUT2D eigenvalue weighted by molar-refractivity contribution is 6.35. The second-order valence-corrected chi connectivity index (χ2v) is 4.94. The topological polar surface area (TPSA) is 24.9 Å². The molecule has 2 nitrogen and oxygen atoms in total. The predicted molar refractivity (Wildman–Crippen MR) is 79.6 cm³/mol. The SMILES string of the molecule is CCCc1cc2c(C)ccc(Cl)c2nc1NCC. The Balaban J connectivity index is 2.67. The standard InChI is InChI=1S/C15H19ClN2/c1-4-6-11-9-12-10(3)7-8-13(16)14(12)18-15(11)17-5-2/h7-9H,4-6H2,1-3H3,(H,17,18). The number of aromatic nitrogens is 1. The Morgan fingerprint density at radius 2 is 2.06 bits per heavy atom. The molecule has 1 aromatic carbocycles. The molecule has 1 heterocycles. The lowest BCUT2D eigenvalue weighted by molar-refractivity contribution is 0.916. The summed E-state index contributed by atoms with van der Waals surface area (Å²) in [5.41, 5.74) is 3.40. The van der Waals surface area contributed by atoms with Crippen LogP contribution in [0.1, 0.15) is 31.4 Å². The number of halogens is 1. The molecule has 0 radical (unpaired) electrons. The van der Waals surface area contributed by atoms with Crippen molar-refractivity contribution in [2.75, 3.05) is 11.9 Å². The van der Waals surface area contributed by atoms with E-state index in [1.165, 1.54) is 11.1 Å². The van der Waals surface area contributed by atoms with Gasteiger partial charge in [-0.25, -0.2) is 4.98 Å². The summed E-state index contributed by atoms with van der Waals surface area (Å²) < 4.78 is 0. The van der Waals surface area contributed by atoms with Gasteiger partial charge in [0.05, 0.1) is 10.5 Å². The van der Waals surface area contributed by atoms with E-state index in [9.17, 15) is 0 Å². The maximum atomic E-state index is 6.24. The molecule has 0 bridgehead atoms. The van der Waals surface area contributed by atoms with Crippen molar-refractivity contribution in [3.05, 3.63) is 34.3 Å². The zero-order valence-corrected chi connectivity index (χ0v) is 11.9. The summed E-state index contributed by atoms with van der Waals surface area (Å²) in [6, 6.07) is 6.20. The number of pyridine rings is 1. The summed E-state index contributed by atoms with van der Waals surface area (Å²) >= 11 is 6.24. The zero-order chi connectivity index (χ0) is 13.1. The molecule has 0 atom stereocenters. The van der Waals surface area contributed by atoms with Crippen LogP contribution >= 0.6 is 11.6 Å². The van der Waals surface area contributed by atoms with Crippen molar-refractivity contribution >= 4 is 28.3 Å². The number of anilines is 1. The molecule has 18 heavy (non-hydrogen) atoms. The summed E-state index contributed by atoms with van der Waals surface area (Å²) in [5.74, 6) is 0.972. The van der Waals surface area contributed by atoms with Crippen molar-refractivity contribution in [1.29, 1.82) is 0 Å². The van der Waals surface area contributed by atoms with Crippen LogP contribution in [0.2, 0.25) is 5.02 Å². The van der Waals surface area contributed by atoms with Crippen LogP contribution in [-0.2, 0) is 6.42 Å². The molecule has 0 aliphatic rings. The lowest BCUT2D eigenvalue weighted by atomic mass is 10.0. The maximum absolute atomic E-state index is 6.24. The normalized spacial score (nSPS) is 10.9. The number of nitrogens with zero attached hydrogens (tertiary/aromatic N) is 1. The summed E-state index contributed by atoms with van der Waals surface area (Å²) in [6.45, 7) is 7.24. The molecule has 0 saturated carbocycles. The minimum absolute atomic E-state index is 0.720. The molecule has 2 aromatic rings. The smallest absolute Gasteiger partial charge is 0.129 e. The van der Waals surface area contributed by atoms with Crippen LogP contribution in [0.15, 0.2) is 18.2 Å². The van der Waals surface area contributed by atoms with Gasteiger partial charge in [0.15, 0.2) is 0 Å². The van der Waals surface area contributed by atoms with Crippen LogP contribution in [0.4, 0.5) is 5.82 Å². The first-order chi connectivity index (χ1) is 8.67. The number of aryl methyl sites for hydroxylation is 2. The Labute approximate surface area is 113 Å². The van der Waals surface area contributed by atoms with E-state index in [0.717, 1.165) is 41.1 Å². The number of fused-ring (bicyclic) bond motifs is 1. The van der Waals surface area contributed by atoms with Crippen molar-refractivity contribution in [2.45, 2.75) is 33.6 Å². The highest BCUT2D eigenvalue weighted by atomic mass is 35.5. The minimum atomic E-state index is 0.720. The van der Waals surface area contributed by atoms with Gasteiger partial charge in [0.25, 0.3) is 0 Å². The van der Waals surface area contributed by atoms with Gasteiger partial charge in [-0.2, -0.15) is 0 Å². The van der Waals surface area contributed by atoms with Gasteiger partial charge in [-0.1, -0.05) is 31.0 Å². The molecular formula is C15H19ClN2. The van der Waals surface area contributed by atoms with Crippen LogP contribution < -0.4 is 5.32 Å². The summed E-state index contributed by atoms with van der Waals surface area (Å²) in [7, 11) is 0. The van der Waals surface area contributed by atoms with Gasteiger partial charge in [-0.3, -0.25) is 0 Å². The molecular weight excluding hydrogens is 244 g/mol. The first kappa shape index (κ1) is 13.2. The van der Waals surface area contributed by atoms with Gasteiger partial charge >= 0.3 is 0 Å². The molecule has 0 spiro atoms. The third-order valence-corrected chi connectivity index (χ3v) is 3.40. The fraction of sp³-hybridized carbons (Fsp3) is 0.400. The average Bonchev–Trinajstić information content (AvgIpc) is 2.36. The summed E-state index contributed by atoms with van der Waals surface area (Å²) in [4.78, 5) is 4.70. The third kappa shape index (κ3) is 2.44. The first-order valence-electron chi connectivity index (χ1n) is 6.50. The van der Waals surface area contributed by atoms with E-state index in [0.29, 0.717) is 0 Å². The van der Waals surface area contributed by atoms with Crippen molar-refractivity contribution in [2.24, 2.45) is 0 Å². The van der Waals surface area contributed by atoms with E-state index in [1.807, 2.05) is 6.07 Å². The maximum Gasteiger partial charge on any atom is 0.129 e. The van der Waals surface area contributed by atoms with Crippen LogP contribution in [-0.4, -0.2) is 11.5 Å². The molecule has 0 unspecified atom stereocenters. The van der Waals surface area contributed by atoms with Gasteiger partial charge < -0.3 is 5.32 Å². The van der Waals surface area contributed by atoms with Crippen LogP contribution in [0.25, 0.3) is 10.9 Å². The molecule has 1 N–H and O–H groups in total. The van der Waals surface area contributed by atoms with Crippen LogP contribution in [0.5, 0.6) is 0 Å². The molecule has 0 aliphatic carbocycles. The third-order valence-electron chi connectivity index (χ3n) is 3.10. The second kappa shape index (κ2) is 5.57. The largest absolute Gasteiger partial charge is 0.370 e. The molecule has 1 aromatic heterocycles. The van der Waals surface area contributed by atoms with Gasteiger partial charge in [-0.05, 0) is 43.5 Å². The van der Waals surface area contributed by atoms with Gasteiger partial charge in [0, 0.05) is 11.9 Å². The molecule has 2 rings (SSSR count). The van der Waals surface area contributed by atoms with Crippen LogP contribution in [0, 0.1) is 6.92 Å². The highest BCUT2D eigenvalue weighted by Crippen LogP contribution is 2.29. The monoisotopic (exact) mass is 262 g/mol. The van der Waals surface area contributed by atoms with E-state index in [1.54, 1.807) is 0 Å². The van der Waals surface area contributed by atoms with E-state index in [2.05, 4.69) is 38.2 Å². The van der Waals surface area contributed by atoms with Gasteiger partial charge in [0.2, 0.25) is 0 Å². The molecule has 0 aliphatic heterocycles. The quantitative estimate of drug-likeness (QED) is 0.872.